The molecule has 0 rings (SSSR count). The van der Waals surface area contributed by atoms with Crippen molar-refractivity contribution in [2.24, 2.45) is 0 Å². The number of unbranched alkanes of at least 4 members (excludes halogenated alkanes) is 23. The van der Waals surface area contributed by atoms with Gasteiger partial charge >= 0.3 is 17.9 Å². The average Bonchev–Trinajstić information content (AvgIpc) is 3.49. The van der Waals surface area contributed by atoms with Crippen LogP contribution < -0.4 is 0 Å². The number of allylic oxidation sites excluding steroid dienone is 26. The average molecular weight is 1150 g/mol. The Morgan fingerprint density at radius 3 is 0.735 bits per heavy atom. The summed E-state index contributed by atoms with van der Waals surface area (Å²) >= 11 is 0. The minimum atomic E-state index is -0.800. The number of esters is 3. The molecule has 6 heteroatoms. The standard InChI is InChI=1S/C77H124O6/c1-4-7-10-13-16-19-22-25-27-29-31-33-35-37-38-40-41-43-45-47-49-52-55-58-61-64-67-70-76(79)82-73-74(72-81-75(78)69-66-63-60-57-54-51-24-21-18-15-12-9-6-3)83-77(80)71-68-65-62-59-56-53-50-48-46-44-42-39-36-34-32-30-28-26-23-20-17-14-11-8-5-2/h7-8,10-12,15-17,19-21,24-28,31-34,37-39,41-43,74H,4-6,9,13-14,18,22-23,29-30,35-36,40,44-73H2,1-3H3/b10-7-,11-8-,15-12-,19-16-,20-17-,24-21-,27-25-,28-26-,33-31-,34-32-,38-37-,42-39-,43-41-. The van der Waals surface area contributed by atoms with Gasteiger partial charge in [0.15, 0.2) is 6.10 Å². The van der Waals surface area contributed by atoms with Crippen LogP contribution in [0, 0.1) is 0 Å². The molecule has 83 heavy (non-hydrogen) atoms. The second-order valence-electron chi connectivity index (χ2n) is 22.0. The van der Waals surface area contributed by atoms with Gasteiger partial charge in [0.05, 0.1) is 0 Å². The highest BCUT2D eigenvalue weighted by Gasteiger charge is 2.19. The van der Waals surface area contributed by atoms with E-state index in [-0.39, 0.29) is 31.1 Å². The molecular weight excluding hydrogens is 1020 g/mol. The van der Waals surface area contributed by atoms with Gasteiger partial charge in [-0.25, -0.2) is 0 Å². The summed E-state index contributed by atoms with van der Waals surface area (Å²) < 4.78 is 16.9. The Labute approximate surface area is 511 Å². The van der Waals surface area contributed by atoms with Crippen molar-refractivity contribution in [3.8, 4) is 0 Å². The minimum absolute atomic E-state index is 0.0950. The summed E-state index contributed by atoms with van der Waals surface area (Å²) in [6.07, 6.45) is 101. The fourth-order valence-electron chi connectivity index (χ4n) is 8.98. The van der Waals surface area contributed by atoms with Crippen LogP contribution in [0.5, 0.6) is 0 Å². The van der Waals surface area contributed by atoms with Gasteiger partial charge in [0.2, 0.25) is 0 Å². The predicted octanol–water partition coefficient (Wildman–Crippen LogP) is 23.7. The van der Waals surface area contributed by atoms with Gasteiger partial charge in [-0.15, -0.1) is 0 Å². The number of carbonyl (C=O) groups is 3. The summed E-state index contributed by atoms with van der Waals surface area (Å²) in [7, 11) is 0. The number of ether oxygens (including phenoxy) is 3. The van der Waals surface area contributed by atoms with Gasteiger partial charge in [0, 0.05) is 19.3 Å². The van der Waals surface area contributed by atoms with Crippen molar-refractivity contribution < 1.29 is 28.6 Å². The van der Waals surface area contributed by atoms with Crippen molar-refractivity contribution in [1.82, 2.24) is 0 Å². The predicted molar refractivity (Wildman–Crippen MR) is 362 cm³/mol. The number of hydrogen-bond donors (Lipinski definition) is 0. The van der Waals surface area contributed by atoms with Crippen LogP contribution in [0.1, 0.15) is 290 Å². The van der Waals surface area contributed by atoms with Crippen LogP contribution in [-0.4, -0.2) is 37.2 Å². The Morgan fingerprint density at radius 1 is 0.253 bits per heavy atom. The molecule has 468 valence electrons. The van der Waals surface area contributed by atoms with E-state index in [1.54, 1.807) is 0 Å². The monoisotopic (exact) mass is 1140 g/mol. The maximum Gasteiger partial charge on any atom is 0.306 e. The van der Waals surface area contributed by atoms with E-state index in [9.17, 15) is 14.4 Å². The van der Waals surface area contributed by atoms with E-state index >= 15 is 0 Å². The fourth-order valence-corrected chi connectivity index (χ4v) is 8.98. The van der Waals surface area contributed by atoms with Crippen LogP contribution >= 0.6 is 0 Å². The first kappa shape index (κ1) is 78.0. The Bertz CT molecular complexity index is 1840. The van der Waals surface area contributed by atoms with Gasteiger partial charge in [0.25, 0.3) is 0 Å². The van der Waals surface area contributed by atoms with Gasteiger partial charge in [-0.3, -0.25) is 14.4 Å². The Kier molecular flexibility index (Phi) is 65.4. The smallest absolute Gasteiger partial charge is 0.306 e. The number of hydrogen-bond acceptors (Lipinski definition) is 6. The van der Waals surface area contributed by atoms with Gasteiger partial charge in [0.1, 0.15) is 13.2 Å². The van der Waals surface area contributed by atoms with E-state index in [2.05, 4.69) is 179 Å². The lowest BCUT2D eigenvalue weighted by atomic mass is 10.1. The van der Waals surface area contributed by atoms with Crippen molar-refractivity contribution in [2.75, 3.05) is 13.2 Å². The van der Waals surface area contributed by atoms with Crippen molar-refractivity contribution in [3.63, 3.8) is 0 Å². The SMILES string of the molecule is CC/C=C\C/C=C\C/C=C\C/C=C\C/C=C\C/C=C\CCCCCCCCCCC(=O)OCC(COC(=O)CCCCCCC/C=C\C/C=C\CCC)OC(=O)CCCCCCCCCCC/C=C\C/C=C\C/C=C\C/C=C\C/C=C\CC. The van der Waals surface area contributed by atoms with E-state index in [0.29, 0.717) is 19.3 Å². The normalized spacial score (nSPS) is 13.1. The third kappa shape index (κ3) is 67.7. The molecule has 0 aliphatic rings. The summed E-state index contributed by atoms with van der Waals surface area (Å²) in [6, 6.07) is 0. The van der Waals surface area contributed by atoms with Crippen molar-refractivity contribution in [3.05, 3.63) is 158 Å². The van der Waals surface area contributed by atoms with Crippen molar-refractivity contribution in [2.45, 2.75) is 297 Å². The molecular formula is C77H124O6. The summed E-state index contributed by atoms with van der Waals surface area (Å²) in [5.41, 5.74) is 0. The highest BCUT2D eigenvalue weighted by Crippen LogP contribution is 2.15. The highest BCUT2D eigenvalue weighted by atomic mass is 16.6. The largest absolute Gasteiger partial charge is 0.462 e. The molecule has 0 saturated heterocycles. The molecule has 6 nitrogen and oxygen atoms in total. The molecule has 1 unspecified atom stereocenters. The van der Waals surface area contributed by atoms with E-state index < -0.39 is 6.10 Å². The van der Waals surface area contributed by atoms with E-state index in [1.807, 2.05) is 0 Å². The summed E-state index contributed by atoms with van der Waals surface area (Å²) in [5.74, 6) is -0.922. The molecule has 0 N–H and O–H groups in total. The molecule has 0 aromatic carbocycles. The van der Waals surface area contributed by atoms with Crippen LogP contribution in [-0.2, 0) is 28.6 Å². The maximum absolute atomic E-state index is 13.0. The van der Waals surface area contributed by atoms with Gasteiger partial charge in [-0.1, -0.05) is 288 Å². The van der Waals surface area contributed by atoms with Crippen LogP contribution in [0.15, 0.2) is 158 Å². The van der Waals surface area contributed by atoms with Crippen molar-refractivity contribution >= 4 is 17.9 Å². The minimum Gasteiger partial charge on any atom is -0.462 e. The first-order valence-corrected chi connectivity index (χ1v) is 34.0. The molecule has 0 fully saturated rings. The van der Waals surface area contributed by atoms with Crippen LogP contribution in [0.3, 0.4) is 0 Å². The third-order valence-corrected chi connectivity index (χ3v) is 14.0. The summed E-state index contributed by atoms with van der Waals surface area (Å²) in [6.45, 7) is 6.33. The zero-order valence-electron chi connectivity index (χ0n) is 53.7. The van der Waals surface area contributed by atoms with Gasteiger partial charge < -0.3 is 14.2 Å². The molecule has 0 saturated carbocycles. The lowest BCUT2D eigenvalue weighted by Gasteiger charge is -2.18. The second kappa shape index (κ2) is 69.5. The quantitative estimate of drug-likeness (QED) is 0.0261. The van der Waals surface area contributed by atoms with E-state index in [0.717, 1.165) is 173 Å². The van der Waals surface area contributed by atoms with E-state index in [4.69, 9.17) is 14.2 Å². The fraction of sp³-hybridized carbons (Fsp3) is 0.623. The molecule has 0 spiro atoms. The molecule has 0 amide bonds. The molecule has 1 atom stereocenters. The lowest BCUT2D eigenvalue weighted by molar-refractivity contribution is -0.167. The molecule has 0 radical (unpaired) electrons. The zero-order valence-corrected chi connectivity index (χ0v) is 53.7. The van der Waals surface area contributed by atoms with Gasteiger partial charge in [-0.2, -0.15) is 0 Å². The van der Waals surface area contributed by atoms with Crippen molar-refractivity contribution in [1.29, 1.82) is 0 Å². The molecule has 0 aliphatic carbocycles. The summed E-state index contributed by atoms with van der Waals surface area (Å²) in [5, 5.41) is 0. The number of carbonyl (C=O) groups excluding carboxylic acids is 3. The molecule has 0 bridgehead atoms. The second-order valence-corrected chi connectivity index (χ2v) is 22.0. The highest BCUT2D eigenvalue weighted by molar-refractivity contribution is 5.71. The lowest BCUT2D eigenvalue weighted by Crippen LogP contribution is -2.30. The first-order chi connectivity index (χ1) is 41.0. The topological polar surface area (TPSA) is 78.9 Å². The Hall–Kier alpha value is -4.97. The number of rotatable bonds is 60. The third-order valence-electron chi connectivity index (χ3n) is 14.0. The molecule has 0 heterocycles. The van der Waals surface area contributed by atoms with Gasteiger partial charge in [-0.05, 0) is 141 Å². The van der Waals surface area contributed by atoms with E-state index in [1.165, 1.54) is 77.0 Å². The zero-order chi connectivity index (χ0) is 59.9. The first-order valence-electron chi connectivity index (χ1n) is 34.0. The molecule has 0 aliphatic heterocycles. The summed E-state index contributed by atoms with van der Waals surface area (Å²) in [4.78, 5) is 38.4. The maximum atomic E-state index is 13.0. The van der Waals surface area contributed by atoms with Crippen LogP contribution in [0.25, 0.3) is 0 Å². The molecule has 0 aromatic heterocycles. The Morgan fingerprint density at radius 2 is 0.470 bits per heavy atom. The van der Waals surface area contributed by atoms with Crippen LogP contribution in [0.2, 0.25) is 0 Å². The van der Waals surface area contributed by atoms with Crippen LogP contribution in [0.4, 0.5) is 0 Å². The molecule has 0 aromatic rings. The Balaban J connectivity index is 4.38.